The molecule has 1 rings (SSSR count). The molecule has 0 aromatic carbocycles. The first-order chi connectivity index (χ1) is 8.41. The van der Waals surface area contributed by atoms with Crippen LogP contribution >= 0.6 is 0 Å². The lowest BCUT2D eigenvalue weighted by atomic mass is 10.1. The van der Waals surface area contributed by atoms with Crippen molar-refractivity contribution in [2.45, 2.75) is 6.04 Å². The number of likely N-dealkylation sites (N-methyl/N-ethyl adjacent to an activating group) is 2. The molecule has 0 unspecified atom stereocenters. The summed E-state index contributed by atoms with van der Waals surface area (Å²) >= 11 is 0. The fourth-order valence-electron chi connectivity index (χ4n) is 1.65. The molecule has 0 aliphatic heterocycles. The van der Waals surface area contributed by atoms with Crippen LogP contribution in [-0.2, 0) is 4.79 Å². The van der Waals surface area contributed by atoms with Gasteiger partial charge in [-0.2, -0.15) is 0 Å². The molecule has 0 radical (unpaired) electrons. The molecule has 6 nitrogen and oxygen atoms in total. The zero-order valence-electron chi connectivity index (χ0n) is 11.0. The highest BCUT2D eigenvalue weighted by molar-refractivity contribution is 5.75. The maximum atomic E-state index is 11.4. The van der Waals surface area contributed by atoms with Crippen molar-refractivity contribution in [3.8, 4) is 0 Å². The molecule has 0 saturated heterocycles. The van der Waals surface area contributed by atoms with Crippen molar-refractivity contribution >= 4 is 11.8 Å². The number of carboxylic acids is 1. The van der Waals surface area contributed by atoms with Gasteiger partial charge in [-0.3, -0.25) is 9.69 Å². The Bertz CT molecular complexity index is 392. The Morgan fingerprint density at radius 2 is 2.06 bits per heavy atom. The van der Waals surface area contributed by atoms with E-state index in [-0.39, 0.29) is 0 Å². The molecule has 0 amide bonds. The minimum Gasteiger partial charge on any atom is -0.480 e. The molecule has 0 saturated carbocycles. The van der Waals surface area contributed by atoms with Crippen molar-refractivity contribution in [3.05, 3.63) is 23.9 Å². The fourth-order valence-corrected chi connectivity index (χ4v) is 1.65. The molecule has 1 aromatic rings. The normalized spacial score (nSPS) is 12.9. The van der Waals surface area contributed by atoms with Gasteiger partial charge in [0.1, 0.15) is 11.9 Å². The fraction of sp³-hybridized carbons (Fsp3) is 0.500. The Balaban J connectivity index is 2.82. The molecular weight excluding hydrogens is 232 g/mol. The predicted molar refractivity (Wildman–Crippen MR) is 70.2 cm³/mol. The Hall–Kier alpha value is -1.66. The van der Waals surface area contributed by atoms with E-state index in [0.717, 1.165) is 6.54 Å². The number of aromatic nitrogens is 1. The molecule has 1 aromatic heterocycles. The van der Waals surface area contributed by atoms with Crippen LogP contribution in [0.25, 0.3) is 0 Å². The van der Waals surface area contributed by atoms with Gasteiger partial charge < -0.3 is 15.7 Å². The van der Waals surface area contributed by atoms with E-state index in [4.69, 9.17) is 5.73 Å². The lowest BCUT2D eigenvalue weighted by molar-refractivity contribution is -0.143. The highest BCUT2D eigenvalue weighted by Gasteiger charge is 2.24. The molecule has 18 heavy (non-hydrogen) atoms. The average Bonchev–Trinajstić information content (AvgIpc) is 2.29. The van der Waals surface area contributed by atoms with Crippen molar-refractivity contribution in [2.24, 2.45) is 0 Å². The smallest absolute Gasteiger partial charge is 0.325 e. The van der Waals surface area contributed by atoms with Gasteiger partial charge in [0.2, 0.25) is 0 Å². The second-order valence-corrected chi connectivity index (χ2v) is 4.54. The van der Waals surface area contributed by atoms with Crippen molar-refractivity contribution in [1.29, 1.82) is 0 Å². The second-order valence-electron chi connectivity index (χ2n) is 4.54. The highest BCUT2D eigenvalue weighted by Crippen LogP contribution is 2.19. The summed E-state index contributed by atoms with van der Waals surface area (Å²) in [6.45, 7) is 1.46. The lowest BCUT2D eigenvalue weighted by Gasteiger charge is -2.26. The van der Waals surface area contributed by atoms with Crippen molar-refractivity contribution in [2.75, 3.05) is 40.0 Å². The highest BCUT2D eigenvalue weighted by atomic mass is 16.4. The standard InChI is InChI=1S/C12H20N4O2/c1-15(2)6-7-16(3)11(12(17)18)9-4-5-10(13)14-8-9/h4-5,8,11H,6-7H2,1-3H3,(H2,13,14)(H,17,18)/t11-/m0/s1. The Morgan fingerprint density at radius 3 is 2.50 bits per heavy atom. The molecule has 0 aliphatic carbocycles. The Kier molecular flexibility index (Phi) is 5.06. The van der Waals surface area contributed by atoms with E-state index in [0.29, 0.717) is 17.9 Å². The van der Waals surface area contributed by atoms with Gasteiger partial charge >= 0.3 is 5.97 Å². The third-order valence-corrected chi connectivity index (χ3v) is 2.70. The number of carbonyl (C=O) groups is 1. The average molecular weight is 252 g/mol. The molecule has 100 valence electrons. The molecular formula is C12H20N4O2. The van der Waals surface area contributed by atoms with E-state index in [2.05, 4.69) is 4.98 Å². The Labute approximate surface area is 107 Å². The number of anilines is 1. The molecule has 0 fully saturated rings. The molecule has 1 heterocycles. The molecule has 0 spiro atoms. The van der Waals surface area contributed by atoms with E-state index in [9.17, 15) is 9.90 Å². The maximum Gasteiger partial charge on any atom is 0.325 e. The quantitative estimate of drug-likeness (QED) is 0.757. The first-order valence-electron chi connectivity index (χ1n) is 5.71. The summed E-state index contributed by atoms with van der Waals surface area (Å²) in [6, 6.07) is 2.62. The molecule has 1 atom stereocenters. The maximum absolute atomic E-state index is 11.4. The molecule has 6 heteroatoms. The summed E-state index contributed by atoms with van der Waals surface area (Å²) in [4.78, 5) is 19.1. The topological polar surface area (TPSA) is 82.7 Å². The largest absolute Gasteiger partial charge is 0.480 e. The van der Waals surface area contributed by atoms with Gasteiger partial charge in [-0.05, 0) is 32.8 Å². The van der Waals surface area contributed by atoms with E-state index in [1.54, 1.807) is 24.1 Å². The van der Waals surface area contributed by atoms with Gasteiger partial charge in [0.25, 0.3) is 0 Å². The summed E-state index contributed by atoms with van der Waals surface area (Å²) in [5.41, 5.74) is 6.14. The first kappa shape index (κ1) is 14.4. The van der Waals surface area contributed by atoms with Gasteiger partial charge in [0.15, 0.2) is 0 Å². The van der Waals surface area contributed by atoms with Gasteiger partial charge in [-0.1, -0.05) is 6.07 Å². The van der Waals surface area contributed by atoms with Crippen LogP contribution in [0.2, 0.25) is 0 Å². The van der Waals surface area contributed by atoms with Crippen LogP contribution in [0.4, 0.5) is 5.82 Å². The van der Waals surface area contributed by atoms with E-state index >= 15 is 0 Å². The summed E-state index contributed by atoms with van der Waals surface area (Å²) in [6.07, 6.45) is 1.51. The summed E-state index contributed by atoms with van der Waals surface area (Å²) in [5, 5.41) is 9.32. The third-order valence-electron chi connectivity index (χ3n) is 2.70. The van der Waals surface area contributed by atoms with Crippen LogP contribution in [0.3, 0.4) is 0 Å². The zero-order chi connectivity index (χ0) is 13.7. The number of hydrogen-bond donors (Lipinski definition) is 2. The van der Waals surface area contributed by atoms with E-state index in [1.165, 1.54) is 6.20 Å². The first-order valence-corrected chi connectivity index (χ1v) is 5.71. The zero-order valence-corrected chi connectivity index (χ0v) is 11.0. The number of pyridine rings is 1. The number of carboxylic acid groups (broad SMARTS) is 1. The summed E-state index contributed by atoms with van der Waals surface area (Å²) < 4.78 is 0. The van der Waals surface area contributed by atoms with Crippen LogP contribution in [0.1, 0.15) is 11.6 Å². The monoisotopic (exact) mass is 252 g/mol. The van der Waals surface area contributed by atoms with Gasteiger partial charge in [-0.25, -0.2) is 4.98 Å². The predicted octanol–water partition coefficient (Wildman–Crippen LogP) is 0.283. The third kappa shape index (κ3) is 3.97. The van der Waals surface area contributed by atoms with E-state index < -0.39 is 12.0 Å². The van der Waals surface area contributed by atoms with Gasteiger partial charge in [0.05, 0.1) is 0 Å². The number of nitrogen functional groups attached to an aromatic ring is 1. The van der Waals surface area contributed by atoms with Crippen molar-refractivity contribution < 1.29 is 9.90 Å². The second kappa shape index (κ2) is 6.32. The van der Waals surface area contributed by atoms with Crippen LogP contribution in [0.15, 0.2) is 18.3 Å². The SMILES string of the molecule is CN(C)CCN(C)[C@H](C(=O)O)c1ccc(N)nc1. The minimum atomic E-state index is -0.886. The van der Waals surface area contributed by atoms with Crippen LogP contribution < -0.4 is 5.73 Å². The van der Waals surface area contributed by atoms with E-state index in [1.807, 2.05) is 19.0 Å². The van der Waals surface area contributed by atoms with Crippen LogP contribution in [0.5, 0.6) is 0 Å². The van der Waals surface area contributed by atoms with Crippen LogP contribution in [0, 0.1) is 0 Å². The Morgan fingerprint density at radius 1 is 1.39 bits per heavy atom. The molecule has 0 aliphatic rings. The number of nitrogens with two attached hydrogens (primary N) is 1. The summed E-state index contributed by atoms with van der Waals surface area (Å²) in [7, 11) is 5.70. The lowest BCUT2D eigenvalue weighted by Crippen LogP contribution is -2.35. The van der Waals surface area contributed by atoms with Crippen molar-refractivity contribution in [1.82, 2.24) is 14.8 Å². The number of nitrogens with zero attached hydrogens (tertiary/aromatic N) is 3. The molecule has 3 N–H and O–H groups in total. The van der Waals surface area contributed by atoms with Crippen LogP contribution in [-0.4, -0.2) is 60.1 Å². The minimum absolute atomic E-state index is 0.388. The summed E-state index contributed by atoms with van der Waals surface area (Å²) in [5.74, 6) is -0.498. The van der Waals surface area contributed by atoms with Crippen molar-refractivity contribution in [3.63, 3.8) is 0 Å². The van der Waals surface area contributed by atoms with Gasteiger partial charge in [-0.15, -0.1) is 0 Å². The molecule has 0 bridgehead atoms. The van der Waals surface area contributed by atoms with Gasteiger partial charge in [0, 0.05) is 19.3 Å². The number of rotatable bonds is 6. The number of hydrogen-bond acceptors (Lipinski definition) is 5. The number of aliphatic carboxylic acids is 1.